The van der Waals surface area contributed by atoms with E-state index in [4.69, 9.17) is 0 Å². The number of rotatable bonds is 16. The van der Waals surface area contributed by atoms with Gasteiger partial charge in [-0.15, -0.1) is 0 Å². The van der Waals surface area contributed by atoms with Crippen LogP contribution in [0, 0.1) is 6.92 Å². The van der Waals surface area contributed by atoms with Gasteiger partial charge in [-0.2, -0.15) is 0 Å². The Hall–Kier alpha value is -5.60. The summed E-state index contributed by atoms with van der Waals surface area (Å²) in [5, 5.41) is 7.62. The van der Waals surface area contributed by atoms with Crippen molar-refractivity contribution in [2.45, 2.75) is 59.4 Å². The topological polar surface area (TPSA) is 24.1 Å². The second-order valence-electron chi connectivity index (χ2n) is 13.4. The number of aryl methyl sites for hydroxylation is 1. The number of hydrogen-bond acceptors (Lipinski definition) is 2. The summed E-state index contributed by atoms with van der Waals surface area (Å²) in [5.74, 6) is 0. The summed E-state index contributed by atoms with van der Waals surface area (Å²) in [5.41, 5.74) is 13.2. The molecule has 266 valence electrons. The van der Waals surface area contributed by atoms with Crippen LogP contribution in [0.25, 0.3) is 17.2 Å². The Bertz CT molecular complexity index is 2000. The van der Waals surface area contributed by atoms with Crippen molar-refractivity contribution >= 4 is 28.6 Å². The first kappa shape index (κ1) is 39.2. The lowest BCUT2D eigenvalue weighted by Gasteiger charge is -2.33. The largest absolute Gasteiger partial charge is 0.388 e. The maximum atomic E-state index is 4.54. The molecule has 0 amide bonds. The fraction of sp³-hybridized carbons (Fsp3) is 0.200. The maximum absolute atomic E-state index is 4.54. The van der Waals surface area contributed by atoms with Crippen LogP contribution in [0.3, 0.4) is 0 Å². The molecule has 0 aliphatic heterocycles. The third-order valence-corrected chi connectivity index (χ3v) is 9.61. The van der Waals surface area contributed by atoms with Crippen molar-refractivity contribution < 1.29 is 0 Å². The van der Waals surface area contributed by atoms with Gasteiger partial charge in [-0.05, 0) is 95.5 Å². The Morgan fingerprint density at radius 3 is 2.12 bits per heavy atom. The van der Waals surface area contributed by atoms with E-state index in [-0.39, 0.29) is 11.5 Å². The quantitative estimate of drug-likeness (QED) is 0.115. The molecule has 0 fully saturated rings. The van der Waals surface area contributed by atoms with Crippen molar-refractivity contribution in [2.24, 2.45) is 0 Å². The summed E-state index contributed by atoms with van der Waals surface area (Å²) in [6, 6.07) is 36.2. The van der Waals surface area contributed by atoms with Crippen LogP contribution in [0.1, 0.15) is 68.9 Å². The van der Waals surface area contributed by atoms with Gasteiger partial charge in [-0.3, -0.25) is 0 Å². The molecule has 1 unspecified atom stereocenters. The molecule has 0 saturated heterocycles. The third-order valence-electron chi connectivity index (χ3n) is 9.61. The van der Waals surface area contributed by atoms with Gasteiger partial charge in [-0.1, -0.05) is 174 Å². The first-order chi connectivity index (χ1) is 25.2. The number of allylic oxidation sites excluding steroid dienone is 11. The number of para-hydroxylation sites is 2. The van der Waals surface area contributed by atoms with E-state index >= 15 is 0 Å². The highest BCUT2D eigenvalue weighted by Gasteiger charge is 2.29. The van der Waals surface area contributed by atoms with Gasteiger partial charge < -0.3 is 10.6 Å². The molecule has 0 aliphatic carbocycles. The summed E-state index contributed by atoms with van der Waals surface area (Å²) in [6.07, 6.45) is 20.1. The molecular formula is C50H56N2. The van der Waals surface area contributed by atoms with Gasteiger partial charge in [-0.25, -0.2) is 0 Å². The van der Waals surface area contributed by atoms with Gasteiger partial charge in [0.15, 0.2) is 0 Å². The highest BCUT2D eigenvalue weighted by molar-refractivity contribution is 5.91. The molecule has 1 atom stereocenters. The van der Waals surface area contributed by atoms with Crippen molar-refractivity contribution in [2.75, 3.05) is 17.7 Å². The molecule has 2 N–H and O–H groups in total. The Morgan fingerprint density at radius 1 is 0.808 bits per heavy atom. The monoisotopic (exact) mass is 684 g/mol. The summed E-state index contributed by atoms with van der Waals surface area (Å²) in [6.45, 7) is 21.9. The number of anilines is 2. The molecule has 2 nitrogen and oxygen atoms in total. The number of hydrogen-bond donors (Lipinski definition) is 2. The van der Waals surface area contributed by atoms with Crippen molar-refractivity contribution in [3.63, 3.8) is 0 Å². The first-order valence-electron chi connectivity index (χ1n) is 18.4. The number of benzene rings is 4. The van der Waals surface area contributed by atoms with Crippen molar-refractivity contribution in [1.29, 1.82) is 0 Å². The summed E-state index contributed by atoms with van der Waals surface area (Å²) >= 11 is 0. The van der Waals surface area contributed by atoms with Gasteiger partial charge in [0.1, 0.15) is 0 Å². The molecule has 4 aromatic carbocycles. The third kappa shape index (κ3) is 9.59. The maximum Gasteiger partial charge on any atom is 0.0523 e. The van der Waals surface area contributed by atoms with Gasteiger partial charge >= 0.3 is 0 Å². The van der Waals surface area contributed by atoms with Gasteiger partial charge in [0.25, 0.3) is 0 Å². The molecule has 2 heteroatoms. The van der Waals surface area contributed by atoms with Crippen LogP contribution in [0.4, 0.5) is 11.4 Å². The molecule has 0 aromatic heterocycles. The second-order valence-corrected chi connectivity index (χ2v) is 13.4. The molecule has 0 radical (unpaired) electrons. The minimum absolute atomic E-state index is 0.0772. The van der Waals surface area contributed by atoms with E-state index in [0.717, 1.165) is 56.8 Å². The first-order valence-corrected chi connectivity index (χ1v) is 18.4. The van der Waals surface area contributed by atoms with E-state index in [2.05, 4.69) is 198 Å². The zero-order valence-corrected chi connectivity index (χ0v) is 32.2. The van der Waals surface area contributed by atoms with Crippen molar-refractivity contribution in [3.8, 4) is 0 Å². The molecule has 0 spiro atoms. The molecule has 0 saturated carbocycles. The van der Waals surface area contributed by atoms with E-state index in [1.54, 1.807) is 0 Å². The van der Waals surface area contributed by atoms with Gasteiger partial charge in [0.2, 0.25) is 0 Å². The normalized spacial score (nSPS) is 13.8. The Morgan fingerprint density at radius 2 is 1.48 bits per heavy atom. The predicted molar refractivity (Wildman–Crippen MR) is 232 cm³/mol. The summed E-state index contributed by atoms with van der Waals surface area (Å²) in [7, 11) is 1.99. The zero-order valence-electron chi connectivity index (χ0n) is 32.2. The molecule has 52 heavy (non-hydrogen) atoms. The van der Waals surface area contributed by atoms with E-state index < -0.39 is 0 Å². The molecule has 4 rings (SSSR count). The molecule has 0 heterocycles. The van der Waals surface area contributed by atoms with E-state index in [0.29, 0.717) is 0 Å². The fourth-order valence-electron chi connectivity index (χ4n) is 6.55. The van der Waals surface area contributed by atoms with E-state index in [1.807, 2.05) is 32.2 Å². The van der Waals surface area contributed by atoms with Gasteiger partial charge in [0, 0.05) is 29.4 Å². The van der Waals surface area contributed by atoms with Crippen LogP contribution in [0.2, 0.25) is 0 Å². The van der Waals surface area contributed by atoms with E-state index in [9.17, 15) is 0 Å². The lowest BCUT2D eigenvalue weighted by atomic mass is 9.76. The van der Waals surface area contributed by atoms with Gasteiger partial charge in [0.05, 0.1) is 6.04 Å². The smallest absolute Gasteiger partial charge is 0.0523 e. The lowest BCUT2D eigenvalue weighted by Crippen LogP contribution is -2.28. The predicted octanol–water partition coefficient (Wildman–Crippen LogP) is 13.6. The van der Waals surface area contributed by atoms with Crippen LogP contribution in [0.5, 0.6) is 0 Å². The Kier molecular flexibility index (Phi) is 14.4. The second kappa shape index (κ2) is 19.1. The Labute approximate surface area is 314 Å². The molecular weight excluding hydrogens is 629 g/mol. The molecule has 0 bridgehead atoms. The minimum atomic E-state index is -0.328. The Balaban J connectivity index is 2.10. The zero-order chi connectivity index (χ0) is 37.5. The van der Waals surface area contributed by atoms with Crippen molar-refractivity contribution in [1.82, 2.24) is 0 Å². The fourth-order valence-corrected chi connectivity index (χ4v) is 6.55. The van der Waals surface area contributed by atoms with Crippen LogP contribution in [-0.4, -0.2) is 13.1 Å². The molecule has 0 aliphatic rings. The highest BCUT2D eigenvalue weighted by Crippen LogP contribution is 2.41. The van der Waals surface area contributed by atoms with Crippen LogP contribution in [0.15, 0.2) is 182 Å². The standard InChI is InChI=1S/C50H56N2/c1-10-14-17-27-38(6)50(7,8)45-33-24-26-37(5)49(45)52-46(13-4)48(44(25-11-2)43-32-22-23-34-47(43)51-9)42(35-39-28-18-15-19-29-39)36-40(12-3)41-30-20-16-21-31-41/h10-12,14-36,46,51-52H,3,6,13H2,1-2,4-5,7-9H3/b14-10-,25-11?,27-17-,40-36+,42-35?,48-44+. The van der Waals surface area contributed by atoms with Crippen LogP contribution < -0.4 is 10.6 Å². The SMILES string of the molecule is C=C/C(=C\C(=Cc1ccccc1)/C(=C(/C=CC)c1ccccc1NC)C(CC)Nc1c(C)cccc1C(C)(C)C(=C)/C=C\C=C/C)c1ccccc1. The highest BCUT2D eigenvalue weighted by atomic mass is 14.9. The lowest BCUT2D eigenvalue weighted by molar-refractivity contribution is 0.640. The average molecular weight is 685 g/mol. The minimum Gasteiger partial charge on any atom is -0.388 e. The molecule has 4 aromatic rings. The summed E-state index contributed by atoms with van der Waals surface area (Å²) < 4.78 is 0. The van der Waals surface area contributed by atoms with Crippen LogP contribution >= 0.6 is 0 Å². The average Bonchev–Trinajstić information content (AvgIpc) is 3.17. The van der Waals surface area contributed by atoms with Crippen LogP contribution in [-0.2, 0) is 5.41 Å². The van der Waals surface area contributed by atoms with Crippen molar-refractivity contribution in [3.05, 3.63) is 209 Å². The van der Waals surface area contributed by atoms with E-state index in [1.165, 1.54) is 16.7 Å². The number of nitrogens with one attached hydrogen (secondary N) is 2. The summed E-state index contributed by atoms with van der Waals surface area (Å²) in [4.78, 5) is 0.